The van der Waals surface area contributed by atoms with Crippen molar-refractivity contribution < 1.29 is 40.2 Å². The van der Waals surface area contributed by atoms with Gasteiger partial charge in [-0.1, -0.05) is 0 Å². The third-order valence-corrected chi connectivity index (χ3v) is 7.88. The molecule has 0 bridgehead atoms. The minimum atomic E-state index is -4.59. The van der Waals surface area contributed by atoms with Gasteiger partial charge in [-0.2, -0.15) is 13.2 Å². The van der Waals surface area contributed by atoms with Gasteiger partial charge in [0.25, 0.3) is 0 Å². The van der Waals surface area contributed by atoms with E-state index in [-0.39, 0.29) is 22.6 Å². The fourth-order valence-electron chi connectivity index (χ4n) is 4.65. The molecule has 0 aromatic heterocycles. The molecule has 2 fully saturated rings. The van der Waals surface area contributed by atoms with Crippen LogP contribution in [-0.2, 0) is 14.6 Å². The molecule has 2 atom stereocenters. The van der Waals surface area contributed by atoms with Crippen LogP contribution >= 0.6 is 0 Å². The van der Waals surface area contributed by atoms with Crippen molar-refractivity contribution in [3.05, 3.63) is 24.0 Å². The van der Waals surface area contributed by atoms with Gasteiger partial charge in [-0.05, 0) is 63.6 Å². The van der Waals surface area contributed by atoms with Crippen molar-refractivity contribution in [2.24, 2.45) is 5.92 Å². The normalized spacial score (nSPS) is 25.2. The highest BCUT2D eigenvalue weighted by molar-refractivity contribution is 7.90. The van der Waals surface area contributed by atoms with Crippen LogP contribution in [0.2, 0.25) is 0 Å². The van der Waals surface area contributed by atoms with E-state index < -0.39 is 34.0 Å². The number of amides is 1. The number of rotatable bonds is 6. The average Bonchev–Trinajstić information content (AvgIpc) is 2.77. The summed E-state index contributed by atoms with van der Waals surface area (Å²) < 4.78 is 85.5. The summed E-state index contributed by atoms with van der Waals surface area (Å²) >= 11 is 0. The van der Waals surface area contributed by atoms with Gasteiger partial charge in [-0.25, -0.2) is 17.6 Å². The van der Waals surface area contributed by atoms with Crippen molar-refractivity contribution in [3.8, 4) is 5.75 Å². The summed E-state index contributed by atoms with van der Waals surface area (Å²) in [6.45, 7) is 4.26. The molecule has 3 rings (SSSR count). The molecule has 2 unspecified atom stereocenters. The fourth-order valence-corrected chi connectivity index (χ4v) is 5.29. The smallest absolute Gasteiger partial charge is 0.425 e. The van der Waals surface area contributed by atoms with Crippen LogP contribution in [0, 0.1) is 11.7 Å². The SMILES string of the molecule is CC1CN(C(=O)OC(C)C(F)(F)F)CCN1C1CCC(COc2ccc(S(C)(=O)=O)cc2F)CC1. The van der Waals surface area contributed by atoms with E-state index in [4.69, 9.17) is 4.74 Å². The fraction of sp³-hybridized carbons (Fsp3) is 0.696. The topological polar surface area (TPSA) is 76.2 Å². The van der Waals surface area contributed by atoms with E-state index in [0.717, 1.165) is 44.9 Å². The Morgan fingerprint density at radius 3 is 2.37 bits per heavy atom. The molecular formula is C23H32F4N2O5S. The van der Waals surface area contributed by atoms with E-state index in [1.807, 2.05) is 6.92 Å². The van der Waals surface area contributed by atoms with E-state index in [1.54, 1.807) is 0 Å². The minimum Gasteiger partial charge on any atom is -0.490 e. The molecule has 0 radical (unpaired) electrons. The van der Waals surface area contributed by atoms with E-state index in [2.05, 4.69) is 9.64 Å². The van der Waals surface area contributed by atoms with Crippen LogP contribution < -0.4 is 4.74 Å². The van der Waals surface area contributed by atoms with Crippen molar-refractivity contribution in [3.63, 3.8) is 0 Å². The van der Waals surface area contributed by atoms with Gasteiger partial charge in [-0.15, -0.1) is 0 Å². The van der Waals surface area contributed by atoms with Crippen LogP contribution in [0.3, 0.4) is 0 Å². The summed E-state index contributed by atoms with van der Waals surface area (Å²) in [5.74, 6) is -0.455. The maximum Gasteiger partial charge on any atom is 0.425 e. The number of alkyl halides is 3. The molecule has 1 aromatic carbocycles. The molecule has 0 N–H and O–H groups in total. The summed E-state index contributed by atoms with van der Waals surface area (Å²) in [6, 6.07) is 3.89. The molecule has 1 aliphatic carbocycles. The first-order valence-electron chi connectivity index (χ1n) is 11.7. The Morgan fingerprint density at radius 2 is 1.83 bits per heavy atom. The standard InChI is InChI=1S/C23H32F4N2O5S/c1-15-13-28(22(30)34-16(2)23(25,26)27)10-11-29(15)18-6-4-17(5-7-18)14-33-21-9-8-19(12-20(21)24)35(3,31)32/h8-9,12,15-18H,4-7,10-11,13-14H2,1-3H3. The van der Waals surface area contributed by atoms with E-state index in [9.17, 15) is 30.8 Å². The summed E-state index contributed by atoms with van der Waals surface area (Å²) in [5, 5.41) is 0. The number of hydrogen-bond acceptors (Lipinski definition) is 6. The number of halogens is 4. The highest BCUT2D eigenvalue weighted by atomic mass is 32.2. The Morgan fingerprint density at radius 1 is 1.17 bits per heavy atom. The van der Waals surface area contributed by atoms with E-state index >= 15 is 0 Å². The second-order valence-electron chi connectivity index (χ2n) is 9.45. The van der Waals surface area contributed by atoms with Crippen LogP contribution in [0.15, 0.2) is 23.1 Å². The van der Waals surface area contributed by atoms with Gasteiger partial charge in [0.2, 0.25) is 0 Å². The zero-order valence-corrected chi connectivity index (χ0v) is 20.9. The Kier molecular flexibility index (Phi) is 8.56. The van der Waals surface area contributed by atoms with Crippen molar-refractivity contribution >= 4 is 15.9 Å². The summed E-state index contributed by atoms with van der Waals surface area (Å²) in [7, 11) is -3.49. The quantitative estimate of drug-likeness (QED) is 0.518. The number of hydrogen-bond donors (Lipinski definition) is 0. The van der Waals surface area contributed by atoms with Gasteiger partial charge in [0.15, 0.2) is 27.5 Å². The van der Waals surface area contributed by atoms with E-state index in [0.29, 0.717) is 32.3 Å². The number of benzene rings is 1. The molecule has 198 valence electrons. The van der Waals surface area contributed by atoms with Crippen molar-refractivity contribution in [1.29, 1.82) is 0 Å². The number of carbonyl (C=O) groups is 1. The van der Waals surface area contributed by atoms with Gasteiger partial charge >= 0.3 is 12.3 Å². The molecule has 12 heteroatoms. The summed E-state index contributed by atoms with van der Waals surface area (Å²) in [5.41, 5.74) is 0. The van der Waals surface area contributed by atoms with Crippen LogP contribution in [0.4, 0.5) is 22.4 Å². The van der Waals surface area contributed by atoms with Crippen molar-refractivity contribution in [2.45, 2.75) is 68.8 Å². The number of ether oxygens (including phenoxy) is 2. The predicted octanol–water partition coefficient (Wildman–Crippen LogP) is 4.26. The highest BCUT2D eigenvalue weighted by Crippen LogP contribution is 2.31. The maximum atomic E-state index is 14.2. The predicted molar refractivity (Wildman–Crippen MR) is 120 cm³/mol. The number of nitrogens with zero attached hydrogens (tertiary/aromatic N) is 2. The average molecular weight is 525 g/mol. The zero-order chi connectivity index (χ0) is 26.0. The monoisotopic (exact) mass is 524 g/mol. The Bertz CT molecular complexity index is 996. The minimum absolute atomic E-state index is 0.0160. The molecule has 1 saturated carbocycles. The summed E-state index contributed by atoms with van der Waals surface area (Å²) in [4.78, 5) is 15.6. The molecule has 1 aliphatic heterocycles. The third-order valence-electron chi connectivity index (χ3n) is 6.77. The second-order valence-corrected chi connectivity index (χ2v) is 11.5. The molecule has 2 aliphatic rings. The van der Waals surface area contributed by atoms with Gasteiger partial charge in [-0.3, -0.25) is 4.90 Å². The first-order valence-corrected chi connectivity index (χ1v) is 13.5. The summed E-state index contributed by atoms with van der Waals surface area (Å²) in [6.07, 6.45) is -3.14. The van der Waals surface area contributed by atoms with Crippen LogP contribution in [0.1, 0.15) is 39.5 Å². The van der Waals surface area contributed by atoms with Crippen LogP contribution in [0.25, 0.3) is 0 Å². The number of carbonyl (C=O) groups excluding carboxylic acids is 1. The number of piperazine rings is 1. The lowest BCUT2D eigenvalue weighted by atomic mass is 9.85. The van der Waals surface area contributed by atoms with Crippen LogP contribution in [0.5, 0.6) is 5.75 Å². The molecular weight excluding hydrogens is 492 g/mol. The number of sulfone groups is 1. The van der Waals surface area contributed by atoms with Gasteiger partial charge in [0.05, 0.1) is 11.5 Å². The lowest BCUT2D eigenvalue weighted by Gasteiger charge is -2.45. The third kappa shape index (κ3) is 7.22. The van der Waals surface area contributed by atoms with Gasteiger partial charge in [0.1, 0.15) is 0 Å². The Hall–Kier alpha value is -2.08. The van der Waals surface area contributed by atoms with Gasteiger partial charge < -0.3 is 14.4 Å². The molecule has 35 heavy (non-hydrogen) atoms. The lowest BCUT2D eigenvalue weighted by Crippen LogP contribution is -2.57. The lowest BCUT2D eigenvalue weighted by molar-refractivity contribution is -0.200. The van der Waals surface area contributed by atoms with Crippen LogP contribution in [-0.4, -0.2) is 81.2 Å². The maximum absolute atomic E-state index is 14.2. The molecule has 1 aromatic rings. The zero-order valence-electron chi connectivity index (χ0n) is 20.1. The highest BCUT2D eigenvalue weighted by Gasteiger charge is 2.41. The van der Waals surface area contributed by atoms with Crippen molar-refractivity contribution in [2.75, 3.05) is 32.5 Å². The molecule has 7 nitrogen and oxygen atoms in total. The van der Waals surface area contributed by atoms with Gasteiger partial charge in [0, 0.05) is 38.0 Å². The first-order chi connectivity index (χ1) is 16.3. The van der Waals surface area contributed by atoms with Crippen molar-refractivity contribution in [1.82, 2.24) is 9.80 Å². The second kappa shape index (κ2) is 10.9. The first kappa shape index (κ1) is 27.5. The Labute approximate surface area is 203 Å². The molecule has 1 saturated heterocycles. The molecule has 1 heterocycles. The Balaban J connectivity index is 1.44. The largest absolute Gasteiger partial charge is 0.490 e. The van der Waals surface area contributed by atoms with E-state index in [1.165, 1.54) is 17.0 Å². The molecule has 0 spiro atoms. The molecule has 1 amide bonds.